The molecule has 0 spiro atoms. The Hall–Kier alpha value is -2.43. The van der Waals surface area contributed by atoms with E-state index >= 15 is 0 Å². The van der Waals surface area contributed by atoms with Gasteiger partial charge in [-0.05, 0) is 24.3 Å². The Kier molecular flexibility index (Phi) is 3.00. The van der Waals surface area contributed by atoms with Crippen molar-refractivity contribution >= 4 is 23.7 Å². The zero-order valence-electron chi connectivity index (χ0n) is 8.80. The minimum absolute atomic E-state index is 0.0209. The number of allylic oxidation sites excluding steroid dienone is 2. The van der Waals surface area contributed by atoms with Gasteiger partial charge >= 0.3 is 0 Å². The van der Waals surface area contributed by atoms with Gasteiger partial charge in [0.25, 0.3) is 5.91 Å². The van der Waals surface area contributed by atoms with E-state index in [2.05, 4.69) is 5.32 Å². The van der Waals surface area contributed by atoms with Crippen LogP contribution in [0.4, 0.5) is 0 Å². The van der Waals surface area contributed by atoms with Crippen LogP contribution in [-0.4, -0.2) is 17.6 Å². The Balaban J connectivity index is 2.13. The number of amides is 2. The van der Waals surface area contributed by atoms with E-state index in [1.54, 1.807) is 18.2 Å². The minimum atomic E-state index is -0.657. The molecule has 0 radical (unpaired) electrons. The topological polar surface area (TPSA) is 76.4 Å². The van der Waals surface area contributed by atoms with E-state index in [-0.39, 0.29) is 12.0 Å². The SMILES string of the molecule is O=C1CC(=O)/C(=C\C=C\c2ccco2)C(=O)N1. The van der Waals surface area contributed by atoms with Crippen molar-refractivity contribution in [1.29, 1.82) is 0 Å². The summed E-state index contributed by atoms with van der Waals surface area (Å²) in [6.07, 6.45) is 5.74. The summed E-state index contributed by atoms with van der Waals surface area (Å²) in [4.78, 5) is 33.6. The quantitative estimate of drug-likeness (QED) is 0.354. The van der Waals surface area contributed by atoms with Gasteiger partial charge in [0, 0.05) is 0 Å². The van der Waals surface area contributed by atoms with Crippen LogP contribution < -0.4 is 5.32 Å². The molecule has 0 bridgehead atoms. The van der Waals surface area contributed by atoms with Crippen LogP contribution in [-0.2, 0) is 14.4 Å². The first-order valence-corrected chi connectivity index (χ1v) is 4.96. The Morgan fingerprint density at radius 2 is 2.12 bits per heavy atom. The number of nitrogens with one attached hydrogen (secondary N) is 1. The fraction of sp³-hybridized carbons (Fsp3) is 0.0833. The summed E-state index contributed by atoms with van der Waals surface area (Å²) in [5.41, 5.74) is -0.0209. The molecule has 0 saturated carbocycles. The maximum atomic E-state index is 11.4. The zero-order chi connectivity index (χ0) is 12.3. The number of piperidine rings is 1. The van der Waals surface area contributed by atoms with Crippen molar-refractivity contribution in [3.63, 3.8) is 0 Å². The molecule has 5 nitrogen and oxygen atoms in total. The number of carbonyl (C=O) groups is 3. The molecule has 1 saturated heterocycles. The Morgan fingerprint density at radius 3 is 2.76 bits per heavy atom. The largest absolute Gasteiger partial charge is 0.465 e. The summed E-state index contributed by atoms with van der Waals surface area (Å²) in [6.45, 7) is 0. The van der Waals surface area contributed by atoms with E-state index in [9.17, 15) is 14.4 Å². The molecular weight excluding hydrogens is 222 g/mol. The van der Waals surface area contributed by atoms with E-state index < -0.39 is 17.6 Å². The number of Topliss-reactive ketones (excluding diaryl/α,β-unsaturated/α-hetero) is 1. The molecular formula is C12H9NO4. The highest BCUT2D eigenvalue weighted by molar-refractivity contribution is 6.30. The molecule has 0 atom stereocenters. The average Bonchev–Trinajstić information content (AvgIpc) is 2.74. The second-order valence-corrected chi connectivity index (χ2v) is 3.43. The molecule has 2 heterocycles. The number of ketones is 1. The summed E-state index contributed by atoms with van der Waals surface area (Å²) >= 11 is 0. The highest BCUT2D eigenvalue weighted by Crippen LogP contribution is 2.08. The van der Waals surface area contributed by atoms with E-state index in [1.807, 2.05) is 0 Å². The maximum absolute atomic E-state index is 11.4. The predicted octanol–water partition coefficient (Wildman–Crippen LogP) is 0.835. The lowest BCUT2D eigenvalue weighted by Gasteiger charge is -2.11. The van der Waals surface area contributed by atoms with Crippen molar-refractivity contribution < 1.29 is 18.8 Å². The minimum Gasteiger partial charge on any atom is -0.465 e. The van der Waals surface area contributed by atoms with Crippen molar-refractivity contribution in [2.24, 2.45) is 0 Å². The van der Waals surface area contributed by atoms with Gasteiger partial charge in [-0.15, -0.1) is 0 Å². The molecule has 2 amide bonds. The molecule has 1 N–H and O–H groups in total. The second kappa shape index (κ2) is 4.61. The lowest BCUT2D eigenvalue weighted by atomic mass is 10.0. The molecule has 0 unspecified atom stereocenters. The Morgan fingerprint density at radius 1 is 1.29 bits per heavy atom. The summed E-state index contributed by atoms with van der Waals surface area (Å²) < 4.78 is 5.04. The number of imide groups is 1. The summed E-state index contributed by atoms with van der Waals surface area (Å²) in [5, 5.41) is 2.08. The number of carbonyl (C=O) groups excluding carboxylic acids is 3. The standard InChI is InChI=1S/C12H9NO4/c14-10-7-11(15)13-12(16)9(10)5-1-3-8-4-2-6-17-8/h1-6H,7H2,(H,13,15,16)/b3-1+,9-5+. The first-order valence-electron chi connectivity index (χ1n) is 4.96. The number of hydrogen-bond donors (Lipinski definition) is 1. The summed E-state index contributed by atoms with van der Waals surface area (Å²) in [6, 6.07) is 3.46. The van der Waals surface area contributed by atoms with Crippen molar-refractivity contribution in [1.82, 2.24) is 5.32 Å². The monoisotopic (exact) mass is 231 g/mol. The Bertz CT molecular complexity index is 501. The maximum Gasteiger partial charge on any atom is 0.261 e. The molecule has 2 rings (SSSR count). The highest BCUT2D eigenvalue weighted by atomic mass is 16.3. The third-order valence-electron chi connectivity index (χ3n) is 2.19. The molecule has 1 aliphatic heterocycles. The molecule has 1 aliphatic rings. The van der Waals surface area contributed by atoms with Gasteiger partial charge < -0.3 is 4.42 Å². The van der Waals surface area contributed by atoms with Crippen LogP contribution in [0.15, 0.2) is 40.5 Å². The first kappa shape index (κ1) is 11.1. The first-order chi connectivity index (χ1) is 8.16. The van der Waals surface area contributed by atoms with Crippen LogP contribution in [0.5, 0.6) is 0 Å². The normalized spacial score (nSPS) is 19.1. The molecule has 1 aromatic heterocycles. The van der Waals surface area contributed by atoms with Gasteiger partial charge in [0.05, 0.1) is 18.3 Å². The van der Waals surface area contributed by atoms with Crippen molar-refractivity contribution in [3.05, 3.63) is 41.9 Å². The van der Waals surface area contributed by atoms with Gasteiger partial charge in [0.2, 0.25) is 5.91 Å². The van der Waals surface area contributed by atoms with E-state index in [0.29, 0.717) is 5.76 Å². The van der Waals surface area contributed by atoms with E-state index in [4.69, 9.17) is 4.42 Å². The van der Waals surface area contributed by atoms with Crippen molar-refractivity contribution in [3.8, 4) is 0 Å². The van der Waals surface area contributed by atoms with Gasteiger partial charge in [-0.3, -0.25) is 19.7 Å². The third kappa shape index (κ3) is 2.57. The molecule has 1 aromatic rings. The van der Waals surface area contributed by atoms with Crippen LogP contribution in [0.1, 0.15) is 12.2 Å². The highest BCUT2D eigenvalue weighted by Gasteiger charge is 2.27. The lowest BCUT2D eigenvalue weighted by molar-refractivity contribution is -0.134. The zero-order valence-corrected chi connectivity index (χ0v) is 8.80. The van der Waals surface area contributed by atoms with Crippen LogP contribution >= 0.6 is 0 Å². The number of furan rings is 1. The molecule has 1 fully saturated rings. The van der Waals surface area contributed by atoms with Gasteiger partial charge in [0.1, 0.15) is 5.76 Å². The van der Waals surface area contributed by atoms with Crippen molar-refractivity contribution in [2.45, 2.75) is 6.42 Å². The van der Waals surface area contributed by atoms with Crippen LogP contribution in [0.25, 0.3) is 6.08 Å². The average molecular weight is 231 g/mol. The van der Waals surface area contributed by atoms with Gasteiger partial charge in [-0.25, -0.2) is 0 Å². The molecule has 86 valence electrons. The summed E-state index contributed by atoms with van der Waals surface area (Å²) in [7, 11) is 0. The lowest BCUT2D eigenvalue weighted by Crippen LogP contribution is -2.40. The molecule has 17 heavy (non-hydrogen) atoms. The van der Waals surface area contributed by atoms with E-state index in [0.717, 1.165) is 0 Å². The van der Waals surface area contributed by atoms with Gasteiger partial charge in [-0.2, -0.15) is 0 Å². The van der Waals surface area contributed by atoms with Crippen LogP contribution in [0.2, 0.25) is 0 Å². The van der Waals surface area contributed by atoms with Crippen LogP contribution in [0.3, 0.4) is 0 Å². The number of rotatable bonds is 2. The second-order valence-electron chi connectivity index (χ2n) is 3.43. The third-order valence-corrected chi connectivity index (χ3v) is 2.19. The fourth-order valence-electron chi connectivity index (χ4n) is 1.40. The van der Waals surface area contributed by atoms with E-state index in [1.165, 1.54) is 18.4 Å². The van der Waals surface area contributed by atoms with Gasteiger partial charge in [0.15, 0.2) is 5.78 Å². The predicted molar refractivity (Wildman–Crippen MR) is 58.6 cm³/mol. The van der Waals surface area contributed by atoms with Gasteiger partial charge in [-0.1, -0.05) is 6.08 Å². The van der Waals surface area contributed by atoms with Crippen molar-refractivity contribution in [2.75, 3.05) is 0 Å². The van der Waals surface area contributed by atoms with Crippen LogP contribution in [0, 0.1) is 0 Å². The molecule has 0 aromatic carbocycles. The number of hydrogen-bond acceptors (Lipinski definition) is 4. The summed E-state index contributed by atoms with van der Waals surface area (Å²) in [5.74, 6) is -1.08. The molecule has 0 aliphatic carbocycles. The molecule has 5 heteroatoms. The fourth-order valence-corrected chi connectivity index (χ4v) is 1.40. The Labute approximate surface area is 96.8 Å². The smallest absolute Gasteiger partial charge is 0.261 e.